The highest BCUT2D eigenvalue weighted by molar-refractivity contribution is 5.80. The topological polar surface area (TPSA) is 83.1 Å². The maximum absolute atomic E-state index is 11.9. The third kappa shape index (κ3) is 5.54. The second-order valence-electron chi connectivity index (χ2n) is 6.33. The lowest BCUT2D eigenvalue weighted by Gasteiger charge is -2.14. The summed E-state index contributed by atoms with van der Waals surface area (Å²) in [5.41, 5.74) is 0.783. The van der Waals surface area contributed by atoms with Crippen LogP contribution in [0.5, 0.6) is 17.2 Å². The van der Waals surface area contributed by atoms with Crippen LogP contribution in [0, 0.1) is 5.92 Å². The van der Waals surface area contributed by atoms with Crippen molar-refractivity contribution in [2.45, 2.75) is 38.6 Å². The van der Waals surface area contributed by atoms with Gasteiger partial charge in [-0.3, -0.25) is 9.59 Å². The number of carbonyl (C=O) groups is 2. The quantitative estimate of drug-likeness (QED) is 0.677. The van der Waals surface area contributed by atoms with Gasteiger partial charge in [-0.05, 0) is 36.5 Å². The molecule has 0 saturated heterocycles. The molecule has 0 unspecified atom stereocenters. The molecule has 7 nitrogen and oxygen atoms in total. The molecule has 1 aliphatic rings. The minimum absolute atomic E-state index is 0.260. The molecule has 1 aromatic carbocycles. The highest BCUT2D eigenvalue weighted by atomic mass is 16.5. The van der Waals surface area contributed by atoms with Gasteiger partial charge in [0.25, 0.3) is 5.91 Å². The Kier molecular flexibility index (Phi) is 7.56. The first-order valence-electron chi connectivity index (χ1n) is 8.78. The molecule has 1 N–H and O–H groups in total. The maximum atomic E-state index is 11.9. The summed E-state index contributed by atoms with van der Waals surface area (Å²) in [5.74, 6) is 1.27. The fraction of sp³-hybridized carbons (Fsp3) is 0.579. The van der Waals surface area contributed by atoms with Gasteiger partial charge in [0.2, 0.25) is 5.75 Å². The van der Waals surface area contributed by atoms with E-state index in [1.54, 1.807) is 12.1 Å². The van der Waals surface area contributed by atoms with Gasteiger partial charge in [0.05, 0.1) is 21.3 Å². The van der Waals surface area contributed by atoms with Crippen LogP contribution in [0.3, 0.4) is 0 Å². The number of ether oxygens (including phenoxy) is 4. The van der Waals surface area contributed by atoms with E-state index in [-0.39, 0.29) is 25.0 Å². The molecule has 0 aliphatic heterocycles. The molecule has 1 fully saturated rings. The van der Waals surface area contributed by atoms with Crippen LogP contribution in [-0.2, 0) is 20.9 Å². The second-order valence-corrected chi connectivity index (χ2v) is 6.33. The average Bonchev–Trinajstić information content (AvgIpc) is 3.16. The van der Waals surface area contributed by atoms with Gasteiger partial charge in [-0.25, -0.2) is 0 Å². The molecule has 2 rings (SSSR count). The summed E-state index contributed by atoms with van der Waals surface area (Å²) in [6.45, 7) is -0.00823. The van der Waals surface area contributed by atoms with Gasteiger partial charge in [0, 0.05) is 13.0 Å². The molecule has 1 aliphatic carbocycles. The SMILES string of the molecule is COc1cc(CNC(=O)COC(=O)CC2CCCC2)cc(OC)c1OC. The zero-order valence-electron chi connectivity index (χ0n) is 15.6. The molecule has 144 valence electrons. The lowest BCUT2D eigenvalue weighted by molar-refractivity contribution is -0.149. The van der Waals surface area contributed by atoms with Crippen LogP contribution < -0.4 is 19.5 Å². The van der Waals surface area contributed by atoms with E-state index in [1.807, 2.05) is 0 Å². The van der Waals surface area contributed by atoms with E-state index in [0.717, 1.165) is 18.4 Å². The number of carbonyl (C=O) groups excluding carboxylic acids is 2. The summed E-state index contributed by atoms with van der Waals surface area (Å²) in [5, 5.41) is 2.72. The molecule has 26 heavy (non-hydrogen) atoms. The standard InChI is InChI=1S/C19H27NO6/c1-23-15-8-14(9-16(24-2)19(15)25-3)11-20-17(21)12-26-18(22)10-13-6-4-5-7-13/h8-9,13H,4-7,10-12H2,1-3H3,(H,20,21). The Hall–Kier alpha value is -2.44. The van der Waals surface area contributed by atoms with Crippen molar-refractivity contribution >= 4 is 11.9 Å². The number of esters is 1. The fourth-order valence-corrected chi connectivity index (χ4v) is 3.14. The first-order chi connectivity index (χ1) is 12.6. The van der Waals surface area contributed by atoms with Crippen molar-refractivity contribution in [2.75, 3.05) is 27.9 Å². The first-order valence-corrected chi connectivity index (χ1v) is 8.78. The molecule has 1 saturated carbocycles. The average molecular weight is 365 g/mol. The number of benzene rings is 1. The summed E-state index contributed by atoms with van der Waals surface area (Å²) in [6.07, 6.45) is 4.89. The van der Waals surface area contributed by atoms with E-state index in [9.17, 15) is 9.59 Å². The predicted molar refractivity (Wildman–Crippen MR) is 95.5 cm³/mol. The van der Waals surface area contributed by atoms with E-state index in [0.29, 0.717) is 29.6 Å². The third-order valence-electron chi connectivity index (χ3n) is 4.51. The van der Waals surface area contributed by atoms with Crippen molar-refractivity contribution in [3.8, 4) is 17.2 Å². The fourth-order valence-electron chi connectivity index (χ4n) is 3.14. The van der Waals surface area contributed by atoms with Gasteiger partial charge in [-0.1, -0.05) is 12.8 Å². The van der Waals surface area contributed by atoms with Crippen LogP contribution in [0.2, 0.25) is 0 Å². The van der Waals surface area contributed by atoms with E-state index in [4.69, 9.17) is 18.9 Å². The van der Waals surface area contributed by atoms with Crippen molar-refractivity contribution in [3.05, 3.63) is 17.7 Å². The molecule has 0 atom stereocenters. The van der Waals surface area contributed by atoms with Crippen LogP contribution in [-0.4, -0.2) is 39.8 Å². The molecule has 1 amide bonds. The highest BCUT2D eigenvalue weighted by Gasteiger charge is 2.20. The van der Waals surface area contributed by atoms with E-state index in [2.05, 4.69) is 5.32 Å². The molecule has 0 heterocycles. The van der Waals surface area contributed by atoms with Gasteiger partial charge in [-0.2, -0.15) is 0 Å². The largest absolute Gasteiger partial charge is 0.493 e. The Morgan fingerprint density at radius 2 is 1.65 bits per heavy atom. The number of hydrogen-bond acceptors (Lipinski definition) is 6. The van der Waals surface area contributed by atoms with Crippen LogP contribution >= 0.6 is 0 Å². The Bertz CT molecular complexity index is 599. The number of methoxy groups -OCH3 is 3. The first kappa shape index (κ1) is 19.9. The number of hydrogen-bond donors (Lipinski definition) is 1. The van der Waals surface area contributed by atoms with Crippen molar-refractivity contribution in [1.82, 2.24) is 5.32 Å². The van der Waals surface area contributed by atoms with Crippen LogP contribution in [0.15, 0.2) is 12.1 Å². The van der Waals surface area contributed by atoms with Crippen LogP contribution in [0.4, 0.5) is 0 Å². The molecular weight excluding hydrogens is 338 g/mol. The normalized spacial score (nSPS) is 14.0. The lowest BCUT2D eigenvalue weighted by Crippen LogP contribution is -2.28. The molecule has 0 aromatic heterocycles. The lowest BCUT2D eigenvalue weighted by atomic mass is 10.1. The molecular formula is C19H27NO6. The van der Waals surface area contributed by atoms with Crippen molar-refractivity contribution in [3.63, 3.8) is 0 Å². The zero-order valence-corrected chi connectivity index (χ0v) is 15.6. The zero-order chi connectivity index (χ0) is 18.9. The number of rotatable bonds is 9. The van der Waals surface area contributed by atoms with E-state index < -0.39 is 0 Å². The number of nitrogens with one attached hydrogen (secondary N) is 1. The summed E-state index contributed by atoms with van der Waals surface area (Å²) in [6, 6.07) is 3.52. The number of amides is 1. The van der Waals surface area contributed by atoms with Gasteiger partial charge in [-0.15, -0.1) is 0 Å². The van der Waals surface area contributed by atoms with Gasteiger partial charge >= 0.3 is 5.97 Å². The molecule has 7 heteroatoms. The van der Waals surface area contributed by atoms with E-state index in [1.165, 1.54) is 34.2 Å². The third-order valence-corrected chi connectivity index (χ3v) is 4.51. The van der Waals surface area contributed by atoms with Crippen molar-refractivity contribution in [2.24, 2.45) is 5.92 Å². The van der Waals surface area contributed by atoms with Crippen molar-refractivity contribution in [1.29, 1.82) is 0 Å². The Morgan fingerprint density at radius 1 is 1.04 bits per heavy atom. The smallest absolute Gasteiger partial charge is 0.306 e. The minimum Gasteiger partial charge on any atom is -0.493 e. The molecule has 0 spiro atoms. The Balaban J connectivity index is 1.81. The Morgan fingerprint density at radius 3 is 2.19 bits per heavy atom. The molecule has 1 aromatic rings. The van der Waals surface area contributed by atoms with Crippen LogP contribution in [0.25, 0.3) is 0 Å². The molecule has 0 radical (unpaired) electrons. The Labute approximate surface area is 153 Å². The summed E-state index contributed by atoms with van der Waals surface area (Å²) in [7, 11) is 4.59. The summed E-state index contributed by atoms with van der Waals surface area (Å²) in [4.78, 5) is 23.7. The predicted octanol–water partition coefficient (Wildman–Crippen LogP) is 2.45. The van der Waals surface area contributed by atoms with Gasteiger partial charge in [0.1, 0.15) is 0 Å². The molecule has 0 bridgehead atoms. The second kappa shape index (κ2) is 9.89. The van der Waals surface area contributed by atoms with E-state index >= 15 is 0 Å². The minimum atomic E-state index is -0.349. The highest BCUT2D eigenvalue weighted by Crippen LogP contribution is 2.38. The van der Waals surface area contributed by atoms with Gasteiger partial charge < -0.3 is 24.3 Å². The monoisotopic (exact) mass is 365 g/mol. The van der Waals surface area contributed by atoms with Crippen LogP contribution in [0.1, 0.15) is 37.7 Å². The maximum Gasteiger partial charge on any atom is 0.306 e. The summed E-state index contributed by atoms with van der Waals surface area (Å²) < 4.78 is 20.9. The van der Waals surface area contributed by atoms with Crippen molar-refractivity contribution < 1.29 is 28.5 Å². The summed E-state index contributed by atoms with van der Waals surface area (Å²) >= 11 is 0. The van der Waals surface area contributed by atoms with Gasteiger partial charge in [0.15, 0.2) is 18.1 Å².